The monoisotopic (exact) mass is 360 g/mol. The number of nitrogens with two attached hydrogens (primary N) is 1. The van der Waals surface area contributed by atoms with Crippen LogP contribution in [0.1, 0.15) is 24.2 Å². The van der Waals surface area contributed by atoms with E-state index < -0.39 is 0 Å². The van der Waals surface area contributed by atoms with E-state index in [2.05, 4.69) is 15.2 Å². The van der Waals surface area contributed by atoms with Crippen LogP contribution < -0.4 is 11.1 Å². The molecule has 2 heterocycles. The standard InChI is InChI=1S/C18H24N4O2S/c1-13(16(19)14-5-3-2-4-6-14)17(23)21-18-20-15(12-25-18)11-22-7-9-24-10-8-22/h2-6,12-13,16H,7-11,19H2,1H3,(H,20,21,23). The topological polar surface area (TPSA) is 80.5 Å². The maximum absolute atomic E-state index is 12.5. The van der Waals surface area contributed by atoms with Crippen molar-refractivity contribution in [2.45, 2.75) is 19.5 Å². The van der Waals surface area contributed by atoms with Crippen molar-refractivity contribution in [1.82, 2.24) is 9.88 Å². The lowest BCUT2D eigenvalue weighted by Crippen LogP contribution is -2.35. The van der Waals surface area contributed by atoms with E-state index in [0.717, 1.165) is 44.1 Å². The average Bonchev–Trinajstić information content (AvgIpc) is 3.08. The zero-order valence-corrected chi connectivity index (χ0v) is 15.2. The van der Waals surface area contributed by atoms with E-state index in [1.165, 1.54) is 11.3 Å². The second-order valence-corrected chi connectivity index (χ2v) is 7.11. The number of hydrogen-bond donors (Lipinski definition) is 2. The highest BCUT2D eigenvalue weighted by molar-refractivity contribution is 7.13. The molecule has 134 valence electrons. The normalized spacial score (nSPS) is 17.8. The van der Waals surface area contributed by atoms with Crippen molar-refractivity contribution in [3.05, 3.63) is 47.0 Å². The van der Waals surface area contributed by atoms with Gasteiger partial charge in [0, 0.05) is 31.1 Å². The molecular formula is C18H24N4O2S. The number of rotatable bonds is 6. The molecule has 1 amide bonds. The third kappa shape index (κ3) is 4.85. The quantitative estimate of drug-likeness (QED) is 0.826. The van der Waals surface area contributed by atoms with Gasteiger partial charge in [0.2, 0.25) is 5.91 Å². The van der Waals surface area contributed by atoms with Crippen molar-refractivity contribution in [3.63, 3.8) is 0 Å². The number of thiazole rings is 1. The number of ether oxygens (including phenoxy) is 1. The van der Waals surface area contributed by atoms with E-state index >= 15 is 0 Å². The number of amides is 1. The minimum Gasteiger partial charge on any atom is -0.379 e. The molecule has 1 fully saturated rings. The van der Waals surface area contributed by atoms with Gasteiger partial charge in [0.25, 0.3) is 0 Å². The van der Waals surface area contributed by atoms with Crippen LogP contribution in [0.5, 0.6) is 0 Å². The van der Waals surface area contributed by atoms with Crippen LogP contribution in [0.15, 0.2) is 35.7 Å². The largest absolute Gasteiger partial charge is 0.379 e. The van der Waals surface area contributed by atoms with Gasteiger partial charge in [0.1, 0.15) is 0 Å². The summed E-state index contributed by atoms with van der Waals surface area (Å²) in [6.07, 6.45) is 0. The van der Waals surface area contributed by atoms with Crippen molar-refractivity contribution in [2.24, 2.45) is 11.7 Å². The summed E-state index contributed by atoms with van der Waals surface area (Å²) in [6, 6.07) is 9.34. The maximum atomic E-state index is 12.5. The Morgan fingerprint density at radius 3 is 2.80 bits per heavy atom. The predicted octanol–water partition coefficient (Wildman–Crippen LogP) is 2.25. The second-order valence-electron chi connectivity index (χ2n) is 6.25. The van der Waals surface area contributed by atoms with Crippen molar-refractivity contribution in [1.29, 1.82) is 0 Å². The first-order valence-electron chi connectivity index (χ1n) is 8.49. The molecule has 1 aliphatic rings. The molecule has 1 aromatic carbocycles. The lowest BCUT2D eigenvalue weighted by molar-refractivity contribution is -0.120. The van der Waals surface area contributed by atoms with Crippen LogP contribution in [0, 0.1) is 5.92 Å². The highest BCUT2D eigenvalue weighted by Gasteiger charge is 2.23. The zero-order chi connectivity index (χ0) is 17.6. The van der Waals surface area contributed by atoms with Gasteiger partial charge in [-0.3, -0.25) is 9.69 Å². The van der Waals surface area contributed by atoms with Gasteiger partial charge in [-0.15, -0.1) is 11.3 Å². The first-order valence-corrected chi connectivity index (χ1v) is 9.37. The number of benzene rings is 1. The van der Waals surface area contributed by atoms with Gasteiger partial charge in [-0.25, -0.2) is 4.98 Å². The fourth-order valence-electron chi connectivity index (χ4n) is 2.77. The number of aromatic nitrogens is 1. The summed E-state index contributed by atoms with van der Waals surface area (Å²) in [5.74, 6) is -0.447. The number of carbonyl (C=O) groups is 1. The van der Waals surface area contributed by atoms with Crippen LogP contribution in [0.3, 0.4) is 0 Å². The lowest BCUT2D eigenvalue weighted by Gasteiger charge is -2.25. The molecule has 1 aromatic heterocycles. The Balaban J connectivity index is 1.55. The van der Waals surface area contributed by atoms with E-state index in [0.29, 0.717) is 5.13 Å². The van der Waals surface area contributed by atoms with Crippen molar-refractivity contribution >= 4 is 22.4 Å². The molecule has 1 saturated heterocycles. The van der Waals surface area contributed by atoms with Crippen LogP contribution in [0.25, 0.3) is 0 Å². The van der Waals surface area contributed by atoms with E-state index in [1.807, 2.05) is 42.6 Å². The van der Waals surface area contributed by atoms with Crippen molar-refractivity contribution in [3.8, 4) is 0 Å². The van der Waals surface area contributed by atoms with Crippen LogP contribution in [-0.4, -0.2) is 42.1 Å². The van der Waals surface area contributed by atoms with Gasteiger partial charge in [0.15, 0.2) is 5.13 Å². The SMILES string of the molecule is CC(C(=O)Nc1nc(CN2CCOCC2)cs1)C(N)c1ccccc1. The van der Waals surface area contributed by atoms with Gasteiger partial charge in [-0.1, -0.05) is 37.3 Å². The molecule has 0 saturated carbocycles. The first-order chi connectivity index (χ1) is 12.1. The number of nitrogens with zero attached hydrogens (tertiary/aromatic N) is 2. The number of morpholine rings is 1. The van der Waals surface area contributed by atoms with Crippen LogP contribution in [-0.2, 0) is 16.1 Å². The highest BCUT2D eigenvalue weighted by atomic mass is 32.1. The summed E-state index contributed by atoms with van der Waals surface area (Å²) in [5, 5.41) is 5.51. The fourth-order valence-corrected chi connectivity index (χ4v) is 3.48. The Hall–Kier alpha value is -1.80. The van der Waals surface area contributed by atoms with Crippen molar-refractivity contribution in [2.75, 3.05) is 31.6 Å². The van der Waals surface area contributed by atoms with E-state index in [-0.39, 0.29) is 17.9 Å². The highest BCUT2D eigenvalue weighted by Crippen LogP contribution is 2.22. The molecule has 7 heteroatoms. The predicted molar refractivity (Wildman–Crippen MR) is 99.4 cm³/mol. The molecule has 0 spiro atoms. The summed E-state index contributed by atoms with van der Waals surface area (Å²) < 4.78 is 5.35. The minimum absolute atomic E-state index is 0.108. The van der Waals surface area contributed by atoms with E-state index in [1.54, 1.807) is 0 Å². The van der Waals surface area contributed by atoms with Crippen LogP contribution in [0.4, 0.5) is 5.13 Å². The smallest absolute Gasteiger partial charge is 0.230 e. The van der Waals surface area contributed by atoms with E-state index in [4.69, 9.17) is 10.5 Å². The molecule has 0 radical (unpaired) electrons. The third-order valence-corrected chi connectivity index (χ3v) is 5.21. The summed E-state index contributed by atoms with van der Waals surface area (Å²) in [4.78, 5) is 19.3. The van der Waals surface area contributed by atoms with Crippen LogP contribution in [0.2, 0.25) is 0 Å². The third-order valence-electron chi connectivity index (χ3n) is 4.41. The first kappa shape index (κ1) is 18.0. The number of nitrogens with one attached hydrogen (secondary N) is 1. The van der Waals surface area contributed by atoms with Gasteiger partial charge >= 0.3 is 0 Å². The molecule has 2 atom stereocenters. The maximum Gasteiger partial charge on any atom is 0.230 e. The molecule has 0 bridgehead atoms. The van der Waals surface area contributed by atoms with Crippen LogP contribution >= 0.6 is 11.3 Å². The van der Waals surface area contributed by atoms with Gasteiger partial charge in [0.05, 0.1) is 24.8 Å². The second kappa shape index (κ2) is 8.53. The molecular weight excluding hydrogens is 336 g/mol. The van der Waals surface area contributed by atoms with Gasteiger partial charge < -0.3 is 15.8 Å². The average molecular weight is 360 g/mol. The Kier molecular flexibility index (Phi) is 6.14. The molecule has 0 aliphatic carbocycles. The molecule has 6 nitrogen and oxygen atoms in total. The van der Waals surface area contributed by atoms with E-state index in [9.17, 15) is 4.79 Å². The fraction of sp³-hybridized carbons (Fsp3) is 0.444. The Bertz CT molecular complexity index is 685. The van der Waals surface area contributed by atoms with Crippen molar-refractivity contribution < 1.29 is 9.53 Å². The Labute approximate surface area is 152 Å². The number of anilines is 1. The number of hydrogen-bond acceptors (Lipinski definition) is 6. The summed E-state index contributed by atoms with van der Waals surface area (Å²) >= 11 is 1.45. The minimum atomic E-state index is -0.339. The summed E-state index contributed by atoms with van der Waals surface area (Å²) in [7, 11) is 0. The van der Waals surface area contributed by atoms with Gasteiger partial charge in [-0.05, 0) is 5.56 Å². The lowest BCUT2D eigenvalue weighted by atomic mass is 9.95. The molecule has 2 unspecified atom stereocenters. The zero-order valence-electron chi connectivity index (χ0n) is 14.4. The molecule has 3 rings (SSSR count). The summed E-state index contributed by atoms with van der Waals surface area (Å²) in [5.41, 5.74) is 8.16. The Morgan fingerprint density at radius 1 is 1.36 bits per heavy atom. The summed E-state index contributed by atoms with van der Waals surface area (Å²) in [6.45, 7) is 6.00. The molecule has 1 aliphatic heterocycles. The molecule has 3 N–H and O–H groups in total. The molecule has 2 aromatic rings. The Morgan fingerprint density at radius 2 is 2.08 bits per heavy atom. The number of carbonyl (C=O) groups excluding carboxylic acids is 1. The molecule has 25 heavy (non-hydrogen) atoms. The van der Waals surface area contributed by atoms with Gasteiger partial charge in [-0.2, -0.15) is 0 Å².